The molecule has 0 bridgehead atoms. The maximum atomic E-state index is 10.6. The predicted molar refractivity (Wildman–Crippen MR) is 107 cm³/mol. The Morgan fingerprint density at radius 2 is 2.04 bits per heavy atom. The maximum absolute atomic E-state index is 10.6. The highest BCUT2D eigenvalue weighted by atomic mass is 16.5. The summed E-state index contributed by atoms with van der Waals surface area (Å²) in [6, 6.07) is 6.35. The van der Waals surface area contributed by atoms with Crippen LogP contribution < -0.4 is 9.64 Å². The Labute approximate surface area is 165 Å². The second-order valence-electron chi connectivity index (χ2n) is 8.42. The summed E-state index contributed by atoms with van der Waals surface area (Å²) >= 11 is 0. The second-order valence-corrected chi connectivity index (χ2v) is 8.42. The molecule has 1 N–H and O–H groups in total. The minimum Gasteiger partial charge on any atom is -0.477 e. The lowest BCUT2D eigenvalue weighted by molar-refractivity contribution is -0.00557. The van der Waals surface area contributed by atoms with Crippen LogP contribution in [0.15, 0.2) is 24.5 Å². The van der Waals surface area contributed by atoms with E-state index < -0.39 is 5.60 Å². The van der Waals surface area contributed by atoms with E-state index in [9.17, 15) is 5.11 Å². The lowest BCUT2D eigenvalue weighted by Gasteiger charge is -2.38. The van der Waals surface area contributed by atoms with Crippen molar-refractivity contribution in [3.8, 4) is 5.88 Å². The molecule has 1 unspecified atom stereocenters. The molecule has 1 aliphatic carbocycles. The summed E-state index contributed by atoms with van der Waals surface area (Å²) in [5, 5.41) is 11.5. The number of β-amino-alcohol motifs (C(OH)–C–C–N with tert-alkyl or cyclic N) is 1. The molecule has 7 heteroatoms. The number of hydrogen-bond acceptors (Lipinski definition) is 7. The van der Waals surface area contributed by atoms with E-state index in [1.165, 1.54) is 18.5 Å². The monoisotopic (exact) mass is 384 g/mol. The molecule has 1 atom stereocenters. The molecule has 3 heterocycles. The smallest absolute Gasteiger partial charge is 0.224 e. The zero-order chi connectivity index (χ0) is 19.0. The molecule has 150 valence electrons. The van der Waals surface area contributed by atoms with E-state index in [1.807, 2.05) is 0 Å². The molecule has 0 spiro atoms. The Morgan fingerprint density at radius 1 is 1.18 bits per heavy atom. The molecular weight excluding hydrogens is 356 g/mol. The molecule has 5 rings (SSSR count). The first-order valence-corrected chi connectivity index (χ1v) is 10.3. The van der Waals surface area contributed by atoms with Gasteiger partial charge in [0.25, 0.3) is 0 Å². The van der Waals surface area contributed by atoms with Crippen molar-refractivity contribution >= 4 is 16.6 Å². The van der Waals surface area contributed by atoms with Gasteiger partial charge in [-0.15, -0.1) is 0 Å². The van der Waals surface area contributed by atoms with Gasteiger partial charge in [-0.2, -0.15) is 0 Å². The minimum atomic E-state index is -0.670. The molecule has 3 fully saturated rings. The number of piperazine rings is 1. The topological polar surface area (TPSA) is 71.0 Å². The van der Waals surface area contributed by atoms with Crippen molar-refractivity contribution < 1.29 is 14.6 Å². The molecule has 0 amide bonds. The average molecular weight is 384 g/mol. The number of hydrogen-bond donors (Lipinski definition) is 1. The quantitative estimate of drug-likeness (QED) is 0.813. The normalized spacial score (nSPS) is 26.1. The average Bonchev–Trinajstić information content (AvgIpc) is 3.46. The maximum Gasteiger partial charge on any atom is 0.224 e. The van der Waals surface area contributed by atoms with Crippen LogP contribution in [0.3, 0.4) is 0 Å². The molecule has 2 aromatic rings. The molecule has 1 aromatic carbocycles. The fraction of sp³-hybridized carbons (Fsp3) is 0.619. The van der Waals surface area contributed by atoms with E-state index in [4.69, 9.17) is 9.47 Å². The largest absolute Gasteiger partial charge is 0.477 e. The van der Waals surface area contributed by atoms with Crippen molar-refractivity contribution in [3.05, 3.63) is 24.5 Å². The summed E-state index contributed by atoms with van der Waals surface area (Å²) in [6.07, 6.45) is 4.85. The Kier molecular flexibility index (Phi) is 4.82. The molecule has 28 heavy (non-hydrogen) atoms. The van der Waals surface area contributed by atoms with Crippen LogP contribution in [0.1, 0.15) is 19.3 Å². The van der Waals surface area contributed by atoms with Crippen molar-refractivity contribution in [1.29, 1.82) is 0 Å². The third-order valence-electron chi connectivity index (χ3n) is 6.07. The fourth-order valence-corrected chi connectivity index (χ4v) is 4.12. The van der Waals surface area contributed by atoms with E-state index in [2.05, 4.69) is 38.0 Å². The number of aromatic nitrogens is 2. The highest BCUT2D eigenvalue weighted by Crippen LogP contribution is 2.32. The molecule has 0 radical (unpaired) electrons. The van der Waals surface area contributed by atoms with E-state index in [1.54, 1.807) is 6.33 Å². The zero-order valence-electron chi connectivity index (χ0n) is 16.2. The van der Waals surface area contributed by atoms with E-state index in [0.29, 0.717) is 31.6 Å². The van der Waals surface area contributed by atoms with Crippen LogP contribution in [-0.4, -0.2) is 78.1 Å². The summed E-state index contributed by atoms with van der Waals surface area (Å²) in [5.74, 6) is 1.39. The van der Waals surface area contributed by atoms with Gasteiger partial charge in [-0.25, -0.2) is 9.97 Å². The van der Waals surface area contributed by atoms with Gasteiger partial charge in [-0.1, -0.05) is 0 Å². The number of aliphatic hydroxyl groups is 1. The molecule has 1 saturated carbocycles. The number of ether oxygens (including phenoxy) is 2. The highest BCUT2D eigenvalue weighted by molar-refractivity contribution is 5.86. The third-order valence-corrected chi connectivity index (χ3v) is 6.07. The number of benzene rings is 1. The Hall–Kier alpha value is -1.96. The van der Waals surface area contributed by atoms with Gasteiger partial charge in [0.1, 0.15) is 11.9 Å². The number of nitrogens with zero attached hydrogens (tertiary/aromatic N) is 4. The number of rotatable bonds is 6. The summed E-state index contributed by atoms with van der Waals surface area (Å²) in [6.45, 7) is 6.34. The van der Waals surface area contributed by atoms with E-state index in [0.717, 1.165) is 50.1 Å². The van der Waals surface area contributed by atoms with Crippen LogP contribution in [0.25, 0.3) is 10.9 Å². The van der Waals surface area contributed by atoms with Crippen LogP contribution in [0.5, 0.6) is 5.88 Å². The van der Waals surface area contributed by atoms with Crippen LogP contribution >= 0.6 is 0 Å². The van der Waals surface area contributed by atoms with E-state index >= 15 is 0 Å². The van der Waals surface area contributed by atoms with Crippen molar-refractivity contribution in [2.24, 2.45) is 5.92 Å². The summed E-state index contributed by atoms with van der Waals surface area (Å²) in [4.78, 5) is 13.5. The fourth-order valence-electron chi connectivity index (χ4n) is 4.12. The van der Waals surface area contributed by atoms with Gasteiger partial charge < -0.3 is 19.5 Å². The summed E-state index contributed by atoms with van der Waals surface area (Å²) < 4.78 is 11.3. The predicted octanol–water partition coefficient (Wildman–Crippen LogP) is 1.69. The standard InChI is InChI=1S/C21H28N4O3/c26-21(5-10-27-14-21)13-24-6-8-25(9-7-24)17-3-4-19-18(11-17)20(23-15-22-19)28-12-16-1-2-16/h3-4,11,15-16,26H,1-2,5-10,12-14H2. The molecule has 3 aliphatic rings. The SMILES string of the molecule is OC1(CN2CCN(c3ccc4ncnc(OCC5CC5)c4c3)CC2)CCOC1. The van der Waals surface area contributed by atoms with Crippen molar-refractivity contribution in [3.63, 3.8) is 0 Å². The lowest BCUT2D eigenvalue weighted by Crippen LogP contribution is -2.52. The second kappa shape index (κ2) is 7.46. The number of fused-ring (bicyclic) bond motifs is 1. The molecule has 2 saturated heterocycles. The van der Waals surface area contributed by atoms with E-state index in [-0.39, 0.29) is 0 Å². The zero-order valence-corrected chi connectivity index (χ0v) is 16.2. The molecule has 2 aliphatic heterocycles. The molecule has 1 aromatic heterocycles. The van der Waals surface area contributed by atoms with Crippen LogP contribution in [0.2, 0.25) is 0 Å². The van der Waals surface area contributed by atoms with Crippen LogP contribution in [0, 0.1) is 5.92 Å². The Balaban J connectivity index is 1.26. The van der Waals surface area contributed by atoms with Gasteiger partial charge in [0.05, 0.1) is 24.1 Å². The highest BCUT2D eigenvalue weighted by Gasteiger charge is 2.35. The van der Waals surface area contributed by atoms with Gasteiger partial charge in [0.2, 0.25) is 5.88 Å². The third kappa shape index (κ3) is 3.92. The summed E-state index contributed by atoms with van der Waals surface area (Å²) in [5.41, 5.74) is 1.43. The van der Waals surface area contributed by atoms with Gasteiger partial charge in [-0.05, 0) is 37.0 Å². The molecule has 7 nitrogen and oxygen atoms in total. The minimum absolute atomic E-state index is 0.460. The molecular formula is C21H28N4O3. The number of anilines is 1. The first-order valence-electron chi connectivity index (χ1n) is 10.3. The van der Waals surface area contributed by atoms with Crippen molar-refractivity contribution in [2.45, 2.75) is 24.9 Å². The van der Waals surface area contributed by atoms with Gasteiger partial charge in [0, 0.05) is 51.4 Å². The Morgan fingerprint density at radius 3 is 2.79 bits per heavy atom. The first-order chi connectivity index (χ1) is 13.7. The van der Waals surface area contributed by atoms with Gasteiger partial charge in [-0.3, -0.25) is 4.90 Å². The van der Waals surface area contributed by atoms with Crippen molar-refractivity contribution in [2.75, 3.05) is 57.4 Å². The van der Waals surface area contributed by atoms with Crippen LogP contribution in [0.4, 0.5) is 5.69 Å². The van der Waals surface area contributed by atoms with Gasteiger partial charge in [0.15, 0.2) is 0 Å². The Bertz CT molecular complexity index is 828. The van der Waals surface area contributed by atoms with Gasteiger partial charge >= 0.3 is 0 Å². The summed E-state index contributed by atoms with van der Waals surface area (Å²) in [7, 11) is 0. The lowest BCUT2D eigenvalue weighted by atomic mass is 10.0. The van der Waals surface area contributed by atoms with Crippen molar-refractivity contribution in [1.82, 2.24) is 14.9 Å². The van der Waals surface area contributed by atoms with Crippen LogP contribution in [-0.2, 0) is 4.74 Å². The first kappa shape index (κ1) is 18.1.